The van der Waals surface area contributed by atoms with Gasteiger partial charge in [-0.1, -0.05) is 6.07 Å². The standard InChI is InChI=1S/C7H8N2.C3H4N2S/c1-6(8)7-4-2-3-5-9-7;4-3-5-1-2-6-3/h2-5,8H,1H3;1-2H,(H2,4,5). The van der Waals surface area contributed by atoms with E-state index in [0.717, 1.165) is 5.69 Å². The van der Waals surface area contributed by atoms with Gasteiger partial charge in [-0.2, -0.15) is 0 Å². The number of hydrogen-bond acceptors (Lipinski definition) is 5. The van der Waals surface area contributed by atoms with Crippen LogP contribution in [0.1, 0.15) is 12.6 Å². The van der Waals surface area contributed by atoms with Crippen molar-refractivity contribution in [3.63, 3.8) is 0 Å². The van der Waals surface area contributed by atoms with Gasteiger partial charge in [0.25, 0.3) is 0 Å². The Morgan fingerprint density at radius 3 is 2.40 bits per heavy atom. The molecule has 0 unspecified atom stereocenters. The molecule has 0 atom stereocenters. The van der Waals surface area contributed by atoms with Gasteiger partial charge in [-0.15, -0.1) is 11.3 Å². The molecule has 15 heavy (non-hydrogen) atoms. The molecule has 2 rings (SSSR count). The van der Waals surface area contributed by atoms with Crippen molar-refractivity contribution in [2.24, 2.45) is 0 Å². The second-order valence-corrected chi connectivity index (χ2v) is 3.64. The summed E-state index contributed by atoms with van der Waals surface area (Å²) in [4.78, 5) is 7.67. The van der Waals surface area contributed by atoms with Crippen LogP contribution in [0.3, 0.4) is 0 Å². The number of thiazole rings is 1. The summed E-state index contributed by atoms with van der Waals surface area (Å²) >= 11 is 1.44. The molecule has 0 amide bonds. The zero-order chi connectivity index (χ0) is 11.1. The van der Waals surface area contributed by atoms with E-state index in [2.05, 4.69) is 9.97 Å². The van der Waals surface area contributed by atoms with Crippen molar-refractivity contribution in [1.29, 1.82) is 5.41 Å². The minimum atomic E-state index is 0.510. The van der Waals surface area contributed by atoms with Crippen LogP contribution < -0.4 is 5.73 Å². The second-order valence-electron chi connectivity index (χ2n) is 2.71. The molecule has 3 N–H and O–H groups in total. The van der Waals surface area contributed by atoms with Crippen LogP contribution in [-0.2, 0) is 0 Å². The van der Waals surface area contributed by atoms with E-state index in [1.54, 1.807) is 19.3 Å². The Kier molecular flexibility index (Phi) is 4.43. The maximum Gasteiger partial charge on any atom is 0.179 e. The number of aromatic nitrogens is 2. The minimum absolute atomic E-state index is 0.510. The van der Waals surface area contributed by atoms with E-state index < -0.39 is 0 Å². The molecule has 0 saturated carbocycles. The van der Waals surface area contributed by atoms with Crippen LogP contribution in [0, 0.1) is 5.41 Å². The van der Waals surface area contributed by atoms with Crippen LogP contribution in [0.15, 0.2) is 36.0 Å². The zero-order valence-corrected chi connectivity index (χ0v) is 9.16. The van der Waals surface area contributed by atoms with Crippen LogP contribution in [0.5, 0.6) is 0 Å². The number of hydrogen-bond donors (Lipinski definition) is 2. The molecule has 0 aliphatic rings. The van der Waals surface area contributed by atoms with Crippen molar-refractivity contribution in [3.8, 4) is 0 Å². The van der Waals surface area contributed by atoms with Gasteiger partial charge in [0, 0.05) is 17.8 Å². The van der Waals surface area contributed by atoms with Gasteiger partial charge in [-0.3, -0.25) is 4.98 Å². The first-order chi connectivity index (χ1) is 7.20. The lowest BCUT2D eigenvalue weighted by atomic mass is 10.3. The summed E-state index contributed by atoms with van der Waals surface area (Å²) < 4.78 is 0. The van der Waals surface area contributed by atoms with Gasteiger partial charge in [0.1, 0.15) is 0 Å². The molecular formula is C10H12N4S. The largest absolute Gasteiger partial charge is 0.375 e. The Morgan fingerprint density at radius 1 is 1.33 bits per heavy atom. The molecule has 0 aromatic carbocycles. The molecule has 78 valence electrons. The molecule has 2 heterocycles. The van der Waals surface area contributed by atoms with Gasteiger partial charge in [0.15, 0.2) is 5.13 Å². The van der Waals surface area contributed by atoms with E-state index in [4.69, 9.17) is 11.1 Å². The summed E-state index contributed by atoms with van der Waals surface area (Å²) in [7, 11) is 0. The quantitative estimate of drug-likeness (QED) is 0.723. The van der Waals surface area contributed by atoms with Crippen LogP contribution in [-0.4, -0.2) is 15.7 Å². The first kappa shape index (κ1) is 11.3. The average Bonchev–Trinajstić information content (AvgIpc) is 2.71. The van der Waals surface area contributed by atoms with E-state index in [-0.39, 0.29) is 0 Å². The summed E-state index contributed by atoms with van der Waals surface area (Å²) in [5.74, 6) is 0. The first-order valence-corrected chi connectivity index (χ1v) is 5.19. The zero-order valence-electron chi connectivity index (χ0n) is 8.34. The minimum Gasteiger partial charge on any atom is -0.375 e. The molecule has 0 aliphatic heterocycles. The lowest BCUT2D eigenvalue weighted by Gasteiger charge is -1.91. The van der Waals surface area contributed by atoms with Crippen LogP contribution in [0.2, 0.25) is 0 Å². The molecule has 0 bridgehead atoms. The molecular weight excluding hydrogens is 208 g/mol. The molecule has 0 aliphatic carbocycles. The number of anilines is 1. The maximum absolute atomic E-state index is 7.17. The lowest BCUT2D eigenvalue weighted by Crippen LogP contribution is -1.93. The third kappa shape index (κ3) is 4.33. The highest BCUT2D eigenvalue weighted by molar-refractivity contribution is 7.13. The Bertz CT molecular complexity index is 397. The fraction of sp³-hybridized carbons (Fsp3) is 0.100. The second kappa shape index (κ2) is 5.87. The normalized spacial score (nSPS) is 8.87. The van der Waals surface area contributed by atoms with Crippen molar-refractivity contribution in [3.05, 3.63) is 41.7 Å². The molecule has 0 fully saturated rings. The SMILES string of the molecule is CC(=N)c1ccccn1.Nc1nccs1. The van der Waals surface area contributed by atoms with Gasteiger partial charge in [0.2, 0.25) is 0 Å². The third-order valence-electron chi connectivity index (χ3n) is 1.50. The number of rotatable bonds is 1. The smallest absolute Gasteiger partial charge is 0.179 e. The summed E-state index contributed by atoms with van der Waals surface area (Å²) in [6.07, 6.45) is 3.37. The Balaban J connectivity index is 0.000000162. The van der Waals surface area contributed by atoms with Crippen molar-refractivity contribution < 1.29 is 0 Å². The predicted molar refractivity (Wildman–Crippen MR) is 63.3 cm³/mol. The number of nitrogens with one attached hydrogen (secondary N) is 1. The number of nitrogens with zero attached hydrogens (tertiary/aromatic N) is 2. The molecule has 0 radical (unpaired) electrons. The van der Waals surface area contributed by atoms with Crippen LogP contribution in [0.4, 0.5) is 5.13 Å². The molecule has 4 nitrogen and oxygen atoms in total. The summed E-state index contributed by atoms with van der Waals surface area (Å²) in [5, 5.41) is 9.65. The van der Waals surface area contributed by atoms with Gasteiger partial charge >= 0.3 is 0 Å². The average molecular weight is 220 g/mol. The summed E-state index contributed by atoms with van der Waals surface area (Å²) in [5.41, 5.74) is 6.44. The molecule has 0 spiro atoms. The first-order valence-electron chi connectivity index (χ1n) is 4.31. The van der Waals surface area contributed by atoms with Crippen molar-refractivity contribution >= 4 is 22.2 Å². The third-order valence-corrected chi connectivity index (χ3v) is 2.11. The van der Waals surface area contributed by atoms with Gasteiger partial charge in [0.05, 0.1) is 11.4 Å². The highest BCUT2D eigenvalue weighted by atomic mass is 32.1. The highest BCUT2D eigenvalue weighted by Crippen LogP contribution is 2.02. The van der Waals surface area contributed by atoms with Gasteiger partial charge in [-0.25, -0.2) is 4.98 Å². The number of nitrogens with two attached hydrogens (primary N) is 1. The van der Waals surface area contributed by atoms with E-state index in [0.29, 0.717) is 10.8 Å². The van der Waals surface area contributed by atoms with E-state index in [9.17, 15) is 0 Å². The lowest BCUT2D eigenvalue weighted by molar-refractivity contribution is 1.27. The monoisotopic (exact) mass is 220 g/mol. The molecule has 2 aromatic heterocycles. The fourth-order valence-corrected chi connectivity index (χ4v) is 1.20. The Hall–Kier alpha value is -1.75. The van der Waals surface area contributed by atoms with E-state index in [1.807, 2.05) is 23.6 Å². The topological polar surface area (TPSA) is 75.7 Å². The van der Waals surface area contributed by atoms with E-state index >= 15 is 0 Å². The van der Waals surface area contributed by atoms with Crippen LogP contribution >= 0.6 is 11.3 Å². The van der Waals surface area contributed by atoms with Gasteiger partial charge in [-0.05, 0) is 19.1 Å². The maximum atomic E-state index is 7.17. The van der Waals surface area contributed by atoms with Crippen molar-refractivity contribution in [2.75, 3.05) is 5.73 Å². The van der Waals surface area contributed by atoms with Gasteiger partial charge < -0.3 is 11.1 Å². The number of pyridine rings is 1. The Labute approximate surface area is 92.3 Å². The van der Waals surface area contributed by atoms with Crippen LogP contribution in [0.25, 0.3) is 0 Å². The number of nitrogen functional groups attached to an aromatic ring is 1. The van der Waals surface area contributed by atoms with Crippen molar-refractivity contribution in [2.45, 2.75) is 6.92 Å². The summed E-state index contributed by atoms with van der Waals surface area (Å²) in [6.45, 7) is 1.72. The van der Waals surface area contributed by atoms with Crippen molar-refractivity contribution in [1.82, 2.24) is 9.97 Å². The molecule has 5 heteroatoms. The fourth-order valence-electron chi connectivity index (χ4n) is 0.819. The molecule has 0 saturated heterocycles. The molecule has 2 aromatic rings. The summed E-state index contributed by atoms with van der Waals surface area (Å²) in [6, 6.07) is 5.54. The Morgan fingerprint density at radius 2 is 2.13 bits per heavy atom. The highest BCUT2D eigenvalue weighted by Gasteiger charge is 1.90. The predicted octanol–water partition coefficient (Wildman–Crippen LogP) is 2.19. The van der Waals surface area contributed by atoms with E-state index in [1.165, 1.54) is 11.3 Å².